The van der Waals surface area contributed by atoms with Crippen molar-refractivity contribution in [2.75, 3.05) is 13.2 Å². The van der Waals surface area contributed by atoms with Gasteiger partial charge in [-0.3, -0.25) is 9.17 Å². The summed E-state index contributed by atoms with van der Waals surface area (Å²) < 4.78 is 41.4. The Balaban J connectivity index is 1.78. The van der Waals surface area contributed by atoms with Crippen LogP contribution in [0.15, 0.2) is 24.7 Å². The second kappa shape index (κ2) is 8.13. The molecule has 1 aliphatic carbocycles. The van der Waals surface area contributed by atoms with Crippen LogP contribution in [0, 0.1) is 0 Å². The van der Waals surface area contributed by atoms with Gasteiger partial charge in [-0.05, 0) is 37.3 Å². The van der Waals surface area contributed by atoms with Crippen molar-refractivity contribution in [3.05, 3.63) is 30.2 Å². The smallest absolute Gasteiger partial charge is 0.278 e. The Hall–Kier alpha value is -2.00. The molecule has 2 aromatic rings. The SMILES string of the molecule is CCOSOc1cc(C2CC2)cnc1-c1cnc(OCC(C)(F)F)cn1. The van der Waals surface area contributed by atoms with Crippen LogP contribution >= 0.6 is 12.3 Å². The summed E-state index contributed by atoms with van der Waals surface area (Å²) in [5, 5.41) is 0. The third-order valence-corrected chi connectivity index (χ3v) is 4.14. The lowest BCUT2D eigenvalue weighted by Crippen LogP contribution is -2.21. The minimum Gasteiger partial charge on any atom is -0.470 e. The Kier molecular flexibility index (Phi) is 5.87. The molecule has 0 spiro atoms. The molecular weight excluding hydrogens is 364 g/mol. The van der Waals surface area contributed by atoms with E-state index in [0.29, 0.717) is 29.7 Å². The molecule has 3 rings (SSSR count). The maximum atomic E-state index is 12.8. The number of rotatable bonds is 9. The van der Waals surface area contributed by atoms with Gasteiger partial charge in [0.15, 0.2) is 12.4 Å². The molecule has 2 aromatic heterocycles. The lowest BCUT2D eigenvalue weighted by molar-refractivity contribution is -0.0243. The predicted molar refractivity (Wildman–Crippen MR) is 93.2 cm³/mol. The van der Waals surface area contributed by atoms with E-state index in [0.717, 1.165) is 37.7 Å². The van der Waals surface area contributed by atoms with E-state index in [1.807, 2.05) is 13.0 Å². The topological polar surface area (TPSA) is 66.4 Å². The van der Waals surface area contributed by atoms with Crippen molar-refractivity contribution in [3.63, 3.8) is 0 Å². The maximum absolute atomic E-state index is 12.8. The fourth-order valence-corrected chi connectivity index (χ4v) is 2.52. The van der Waals surface area contributed by atoms with E-state index in [4.69, 9.17) is 13.1 Å². The summed E-state index contributed by atoms with van der Waals surface area (Å²) in [7, 11) is 0. The zero-order chi connectivity index (χ0) is 18.6. The van der Waals surface area contributed by atoms with E-state index in [9.17, 15) is 8.78 Å². The molecule has 0 radical (unpaired) electrons. The van der Waals surface area contributed by atoms with Crippen LogP contribution in [-0.2, 0) is 4.18 Å². The minimum absolute atomic E-state index is 0.0241. The number of aromatic nitrogens is 3. The van der Waals surface area contributed by atoms with E-state index in [1.165, 1.54) is 12.4 Å². The van der Waals surface area contributed by atoms with E-state index < -0.39 is 12.5 Å². The summed E-state index contributed by atoms with van der Waals surface area (Å²) in [5.74, 6) is -1.86. The first-order chi connectivity index (χ1) is 12.5. The molecule has 140 valence electrons. The lowest BCUT2D eigenvalue weighted by Gasteiger charge is -2.12. The summed E-state index contributed by atoms with van der Waals surface area (Å²) >= 11 is 0.874. The van der Waals surface area contributed by atoms with Crippen LogP contribution in [0.5, 0.6) is 11.6 Å². The number of ether oxygens (including phenoxy) is 1. The van der Waals surface area contributed by atoms with Crippen LogP contribution in [0.25, 0.3) is 11.4 Å². The third-order valence-electron chi connectivity index (χ3n) is 3.56. The van der Waals surface area contributed by atoms with Crippen molar-refractivity contribution in [1.82, 2.24) is 15.0 Å². The van der Waals surface area contributed by atoms with Gasteiger partial charge in [0.2, 0.25) is 18.2 Å². The highest BCUT2D eigenvalue weighted by molar-refractivity contribution is 7.90. The highest BCUT2D eigenvalue weighted by atomic mass is 32.2. The highest BCUT2D eigenvalue weighted by Gasteiger charge is 2.26. The summed E-state index contributed by atoms with van der Waals surface area (Å²) in [5.41, 5.74) is 2.07. The van der Waals surface area contributed by atoms with Crippen LogP contribution in [0.3, 0.4) is 0 Å². The maximum Gasteiger partial charge on any atom is 0.278 e. The fourth-order valence-electron chi connectivity index (χ4n) is 2.18. The Labute approximate surface area is 154 Å². The number of hydrogen-bond donors (Lipinski definition) is 0. The average Bonchev–Trinajstić information content (AvgIpc) is 3.45. The number of alkyl halides is 2. The van der Waals surface area contributed by atoms with Crippen molar-refractivity contribution >= 4 is 12.3 Å². The van der Waals surface area contributed by atoms with Crippen LogP contribution in [-0.4, -0.2) is 34.1 Å². The zero-order valence-corrected chi connectivity index (χ0v) is 15.3. The Morgan fingerprint density at radius 3 is 2.62 bits per heavy atom. The first kappa shape index (κ1) is 18.8. The summed E-state index contributed by atoms with van der Waals surface area (Å²) in [6, 6.07) is 1.93. The van der Waals surface area contributed by atoms with Gasteiger partial charge >= 0.3 is 0 Å². The van der Waals surface area contributed by atoms with Crippen molar-refractivity contribution in [2.24, 2.45) is 0 Å². The van der Waals surface area contributed by atoms with Crippen molar-refractivity contribution in [3.8, 4) is 23.0 Å². The first-order valence-electron chi connectivity index (χ1n) is 8.25. The monoisotopic (exact) mass is 383 g/mol. The first-order valence-corrected chi connectivity index (χ1v) is 8.92. The highest BCUT2D eigenvalue weighted by Crippen LogP contribution is 2.42. The van der Waals surface area contributed by atoms with Gasteiger partial charge < -0.3 is 8.92 Å². The predicted octanol–water partition coefficient (Wildman–Crippen LogP) is 4.43. The van der Waals surface area contributed by atoms with Gasteiger partial charge in [-0.15, -0.1) is 0 Å². The number of hydrogen-bond acceptors (Lipinski definition) is 7. The van der Waals surface area contributed by atoms with Gasteiger partial charge in [0.1, 0.15) is 11.4 Å². The van der Waals surface area contributed by atoms with E-state index in [-0.39, 0.29) is 5.88 Å². The molecule has 1 fully saturated rings. The molecule has 0 amide bonds. The molecule has 0 atom stereocenters. The number of pyridine rings is 1. The van der Waals surface area contributed by atoms with Crippen LogP contribution in [0.2, 0.25) is 0 Å². The van der Waals surface area contributed by atoms with Gasteiger partial charge in [0.05, 0.1) is 19.0 Å². The third kappa shape index (κ3) is 5.25. The van der Waals surface area contributed by atoms with E-state index in [2.05, 4.69) is 15.0 Å². The Bertz CT molecular complexity index is 737. The van der Waals surface area contributed by atoms with Crippen LogP contribution in [0.4, 0.5) is 8.78 Å². The van der Waals surface area contributed by atoms with Crippen molar-refractivity contribution in [1.29, 1.82) is 0 Å². The molecule has 0 unspecified atom stereocenters. The fraction of sp³-hybridized carbons (Fsp3) is 0.471. The molecule has 0 aromatic carbocycles. The summed E-state index contributed by atoms with van der Waals surface area (Å²) in [4.78, 5) is 12.7. The van der Waals surface area contributed by atoms with E-state index in [1.54, 1.807) is 6.20 Å². The van der Waals surface area contributed by atoms with Gasteiger partial charge in [0.25, 0.3) is 5.92 Å². The number of nitrogens with zero attached hydrogens (tertiary/aromatic N) is 3. The Morgan fingerprint density at radius 1 is 1.19 bits per heavy atom. The molecule has 0 N–H and O–H groups in total. The van der Waals surface area contributed by atoms with Gasteiger partial charge in [0, 0.05) is 13.1 Å². The van der Waals surface area contributed by atoms with Gasteiger partial charge in [-0.1, -0.05) is 0 Å². The van der Waals surface area contributed by atoms with Crippen LogP contribution < -0.4 is 8.92 Å². The molecule has 0 bridgehead atoms. The van der Waals surface area contributed by atoms with Crippen molar-refractivity contribution < 1.29 is 21.9 Å². The van der Waals surface area contributed by atoms with Gasteiger partial charge in [-0.25, -0.2) is 18.7 Å². The molecule has 0 saturated heterocycles. The van der Waals surface area contributed by atoms with E-state index >= 15 is 0 Å². The molecule has 26 heavy (non-hydrogen) atoms. The van der Waals surface area contributed by atoms with Crippen molar-refractivity contribution in [2.45, 2.75) is 38.5 Å². The molecule has 2 heterocycles. The molecule has 9 heteroatoms. The zero-order valence-electron chi connectivity index (χ0n) is 14.4. The largest absolute Gasteiger partial charge is 0.470 e. The second-order valence-corrected chi connectivity index (χ2v) is 6.58. The normalized spacial score (nSPS) is 14.3. The minimum atomic E-state index is -2.93. The molecular formula is C17H19F2N3O3S. The average molecular weight is 383 g/mol. The molecule has 1 saturated carbocycles. The summed E-state index contributed by atoms with van der Waals surface area (Å²) in [6.45, 7) is 2.39. The second-order valence-electron chi connectivity index (χ2n) is 6.05. The molecule has 0 aliphatic heterocycles. The van der Waals surface area contributed by atoms with Crippen LogP contribution in [0.1, 0.15) is 38.2 Å². The number of halogens is 2. The standard InChI is InChI=1S/C17H19F2N3O3S/c1-3-24-26-25-14-6-12(11-4-5-11)7-22-16(14)13-8-21-15(9-20-13)23-10-17(2,18)19/h6-9,11H,3-5,10H2,1-2H3. The molecule has 1 aliphatic rings. The lowest BCUT2D eigenvalue weighted by atomic mass is 10.1. The molecule has 6 nitrogen and oxygen atoms in total. The Morgan fingerprint density at radius 2 is 2.00 bits per heavy atom. The van der Waals surface area contributed by atoms with Gasteiger partial charge in [-0.2, -0.15) is 0 Å². The quantitative estimate of drug-likeness (QED) is 0.469. The summed E-state index contributed by atoms with van der Waals surface area (Å²) in [6.07, 6.45) is 6.80.